The van der Waals surface area contributed by atoms with Gasteiger partial charge in [-0.3, -0.25) is 14.9 Å². The first-order valence-electron chi connectivity index (χ1n) is 11.5. The summed E-state index contributed by atoms with van der Waals surface area (Å²) in [5.41, 5.74) is 4.48. The number of rotatable bonds is 4. The third-order valence-corrected chi connectivity index (χ3v) is 6.42. The van der Waals surface area contributed by atoms with E-state index in [1.807, 2.05) is 61.5 Å². The first-order valence-corrected chi connectivity index (χ1v) is 11.5. The van der Waals surface area contributed by atoms with Crippen LogP contribution in [-0.4, -0.2) is 52.3 Å². The van der Waals surface area contributed by atoms with Gasteiger partial charge in [0.15, 0.2) is 0 Å². The minimum atomic E-state index is -0.270. The van der Waals surface area contributed by atoms with Crippen molar-refractivity contribution in [2.75, 3.05) is 31.2 Å². The van der Waals surface area contributed by atoms with Gasteiger partial charge in [-0.25, -0.2) is 9.48 Å². The zero-order valence-corrected chi connectivity index (χ0v) is 19.2. The zero-order valence-electron chi connectivity index (χ0n) is 19.2. The molecule has 6 rings (SSSR count). The van der Waals surface area contributed by atoms with E-state index >= 15 is 0 Å². The lowest BCUT2D eigenvalue weighted by Gasteiger charge is -2.29. The molecule has 35 heavy (non-hydrogen) atoms. The Morgan fingerprint density at radius 1 is 0.943 bits per heavy atom. The molecule has 0 unspecified atom stereocenters. The number of imidazole rings is 1. The number of nitrogens with zero attached hydrogens (tertiary/aromatic N) is 3. The van der Waals surface area contributed by atoms with Gasteiger partial charge in [0.1, 0.15) is 0 Å². The maximum Gasteiger partial charge on any atom is 0.323 e. The van der Waals surface area contributed by atoms with E-state index in [0.29, 0.717) is 35.5 Å². The number of anilines is 1. The molecule has 1 aliphatic rings. The van der Waals surface area contributed by atoms with E-state index < -0.39 is 0 Å². The summed E-state index contributed by atoms with van der Waals surface area (Å²) in [6, 6.07) is 17.6. The van der Waals surface area contributed by atoms with Crippen LogP contribution in [0.4, 0.5) is 11.4 Å². The maximum atomic E-state index is 13.4. The van der Waals surface area contributed by atoms with E-state index in [1.165, 1.54) is 0 Å². The predicted octanol–water partition coefficient (Wildman–Crippen LogP) is 3.38. The van der Waals surface area contributed by atoms with Crippen LogP contribution in [0.2, 0.25) is 0 Å². The fraction of sp³-hybridized carbons (Fsp3) is 0.192. The first kappa shape index (κ1) is 21.2. The zero-order chi connectivity index (χ0) is 23.9. The molecule has 0 saturated carbocycles. The van der Waals surface area contributed by atoms with Crippen LogP contribution in [0.25, 0.3) is 27.5 Å². The molecule has 1 fully saturated rings. The standard InChI is InChI=1S/C26H24N6O3/c1-16-19(25(33)32(30-16)23-8-4-6-17-5-2-3-7-18(17)23)15-27-22-13-20-21(29-26(34)28-20)14-24(22)31-9-11-35-12-10-31/h2-8,13-15,30H,9-12H2,1H3,(H2,28,29,34). The van der Waals surface area contributed by atoms with Crippen LogP contribution in [0.15, 0.2) is 69.2 Å². The molecule has 9 nitrogen and oxygen atoms in total. The molecular formula is C26H24N6O3. The summed E-state index contributed by atoms with van der Waals surface area (Å²) in [4.78, 5) is 37.8. The van der Waals surface area contributed by atoms with Gasteiger partial charge in [0.2, 0.25) is 0 Å². The van der Waals surface area contributed by atoms with Gasteiger partial charge in [-0.2, -0.15) is 0 Å². The Hall–Kier alpha value is -4.37. The van der Waals surface area contributed by atoms with Gasteiger partial charge >= 0.3 is 5.69 Å². The lowest BCUT2D eigenvalue weighted by atomic mass is 10.1. The Labute approximate surface area is 199 Å². The molecule has 9 heteroatoms. The summed E-state index contributed by atoms with van der Waals surface area (Å²) in [6.07, 6.45) is 1.60. The highest BCUT2D eigenvalue weighted by Gasteiger charge is 2.18. The number of morpholine rings is 1. The average Bonchev–Trinajstić information content (AvgIpc) is 3.39. The van der Waals surface area contributed by atoms with E-state index in [2.05, 4.69) is 20.0 Å². The van der Waals surface area contributed by atoms with Crippen LogP contribution in [0.3, 0.4) is 0 Å². The van der Waals surface area contributed by atoms with Gasteiger partial charge in [-0.1, -0.05) is 36.4 Å². The number of aromatic nitrogens is 4. The van der Waals surface area contributed by atoms with E-state index in [4.69, 9.17) is 9.73 Å². The summed E-state index contributed by atoms with van der Waals surface area (Å²) in [7, 11) is 0. The maximum absolute atomic E-state index is 13.4. The highest BCUT2D eigenvalue weighted by Crippen LogP contribution is 2.32. The third kappa shape index (κ3) is 3.75. The third-order valence-electron chi connectivity index (χ3n) is 6.42. The molecule has 0 amide bonds. The van der Waals surface area contributed by atoms with Crippen molar-refractivity contribution in [3.05, 3.63) is 86.7 Å². The molecule has 1 aliphatic heterocycles. The topological polar surface area (TPSA) is 111 Å². The Bertz CT molecular complexity index is 1690. The second-order valence-electron chi connectivity index (χ2n) is 8.61. The molecule has 176 valence electrons. The van der Waals surface area contributed by atoms with Crippen molar-refractivity contribution in [3.63, 3.8) is 0 Å². The van der Waals surface area contributed by atoms with Gasteiger partial charge in [0, 0.05) is 30.4 Å². The van der Waals surface area contributed by atoms with Crippen molar-refractivity contribution < 1.29 is 4.74 Å². The Balaban J connectivity index is 1.44. The van der Waals surface area contributed by atoms with E-state index in [9.17, 15) is 9.59 Å². The monoisotopic (exact) mass is 468 g/mol. The van der Waals surface area contributed by atoms with Crippen LogP contribution in [0.5, 0.6) is 0 Å². The minimum Gasteiger partial charge on any atom is -0.378 e. The van der Waals surface area contributed by atoms with Gasteiger partial charge < -0.3 is 19.6 Å². The van der Waals surface area contributed by atoms with Crippen molar-refractivity contribution >= 4 is 39.4 Å². The first-order chi connectivity index (χ1) is 17.1. The van der Waals surface area contributed by atoms with Crippen molar-refractivity contribution in [2.24, 2.45) is 4.99 Å². The molecule has 1 saturated heterocycles. The molecule has 3 heterocycles. The number of H-pyrrole nitrogens is 3. The van der Waals surface area contributed by atoms with Crippen LogP contribution in [-0.2, 0) is 4.74 Å². The van der Waals surface area contributed by atoms with Crippen molar-refractivity contribution in [2.45, 2.75) is 6.92 Å². The lowest BCUT2D eigenvalue weighted by Crippen LogP contribution is -2.36. The second-order valence-corrected chi connectivity index (χ2v) is 8.61. The number of fused-ring (bicyclic) bond motifs is 2. The number of hydrogen-bond donors (Lipinski definition) is 3. The molecule has 2 aromatic heterocycles. The van der Waals surface area contributed by atoms with E-state index in [1.54, 1.807) is 10.9 Å². The largest absolute Gasteiger partial charge is 0.378 e. The van der Waals surface area contributed by atoms with Gasteiger partial charge in [0.25, 0.3) is 5.56 Å². The highest BCUT2D eigenvalue weighted by molar-refractivity contribution is 5.92. The van der Waals surface area contributed by atoms with Crippen LogP contribution in [0, 0.1) is 6.92 Å². The molecular weight excluding hydrogens is 444 g/mol. The number of hydrogen-bond acceptors (Lipinski definition) is 5. The molecule has 3 aromatic carbocycles. The van der Waals surface area contributed by atoms with Crippen LogP contribution >= 0.6 is 0 Å². The predicted molar refractivity (Wildman–Crippen MR) is 138 cm³/mol. The summed E-state index contributed by atoms with van der Waals surface area (Å²) < 4.78 is 7.06. The second kappa shape index (κ2) is 8.44. The summed E-state index contributed by atoms with van der Waals surface area (Å²) >= 11 is 0. The number of ether oxygens (including phenoxy) is 1. The quantitative estimate of drug-likeness (QED) is 0.351. The van der Waals surface area contributed by atoms with Crippen molar-refractivity contribution in [1.29, 1.82) is 0 Å². The van der Waals surface area contributed by atoms with Crippen molar-refractivity contribution in [3.8, 4) is 5.69 Å². The van der Waals surface area contributed by atoms with Gasteiger partial charge in [0.05, 0.1) is 46.9 Å². The number of aliphatic imine (C=N–C) groups is 1. The Morgan fingerprint density at radius 3 is 2.51 bits per heavy atom. The van der Waals surface area contributed by atoms with E-state index in [0.717, 1.165) is 40.9 Å². The van der Waals surface area contributed by atoms with Gasteiger partial charge in [-0.05, 0) is 30.5 Å². The van der Waals surface area contributed by atoms with Crippen LogP contribution < -0.4 is 16.1 Å². The molecule has 0 spiro atoms. The molecule has 0 aliphatic carbocycles. The SMILES string of the molecule is Cc1[nH]n(-c2cccc3ccccc23)c(=O)c1C=Nc1cc2[nH]c(=O)[nH]c2cc1N1CCOCC1. The minimum absolute atomic E-state index is 0.174. The summed E-state index contributed by atoms with van der Waals surface area (Å²) in [5.74, 6) is 0. The smallest absolute Gasteiger partial charge is 0.323 e. The van der Waals surface area contributed by atoms with Crippen molar-refractivity contribution in [1.82, 2.24) is 19.7 Å². The summed E-state index contributed by atoms with van der Waals surface area (Å²) in [5, 5.41) is 5.25. The lowest BCUT2D eigenvalue weighted by molar-refractivity contribution is 0.123. The normalized spacial score (nSPS) is 14.5. The number of aromatic amines is 3. The summed E-state index contributed by atoms with van der Waals surface area (Å²) in [6.45, 7) is 4.55. The molecule has 0 atom stereocenters. The fourth-order valence-electron chi connectivity index (χ4n) is 4.64. The van der Waals surface area contributed by atoms with Gasteiger partial charge in [-0.15, -0.1) is 0 Å². The molecule has 0 bridgehead atoms. The number of aryl methyl sites for hydroxylation is 1. The highest BCUT2D eigenvalue weighted by atomic mass is 16.5. The fourth-order valence-corrected chi connectivity index (χ4v) is 4.64. The Morgan fingerprint density at radius 2 is 1.69 bits per heavy atom. The Kier molecular flexibility index (Phi) is 5.11. The number of benzene rings is 3. The average molecular weight is 469 g/mol. The van der Waals surface area contributed by atoms with E-state index in [-0.39, 0.29) is 11.2 Å². The molecule has 5 aromatic rings. The molecule has 0 radical (unpaired) electrons. The van der Waals surface area contributed by atoms with Crippen LogP contribution in [0.1, 0.15) is 11.3 Å². The number of nitrogens with one attached hydrogen (secondary N) is 3. The molecule has 3 N–H and O–H groups in total.